The first-order valence-electron chi connectivity index (χ1n) is 5.03. The molecule has 0 aromatic carbocycles. The summed E-state index contributed by atoms with van der Waals surface area (Å²) in [6.07, 6.45) is 1.71. The van der Waals surface area contributed by atoms with Gasteiger partial charge < -0.3 is 24.5 Å². The number of carboxylic acid groups (broad SMARTS) is 1. The van der Waals surface area contributed by atoms with Gasteiger partial charge in [0, 0.05) is 11.8 Å². The molecule has 0 radical (unpaired) electrons. The molecule has 2 rings (SSSR count). The zero-order valence-corrected chi connectivity index (χ0v) is 9.08. The quantitative estimate of drug-likeness (QED) is 0.606. The summed E-state index contributed by atoms with van der Waals surface area (Å²) < 4.78 is 9.74. The molecule has 17 heavy (non-hydrogen) atoms. The molecule has 0 spiro atoms. The Hall–Kier alpha value is -1.80. The molecule has 1 aliphatic heterocycles. The predicted octanol–water partition coefficient (Wildman–Crippen LogP) is -0.353. The molecule has 1 aromatic rings. The minimum atomic E-state index is -3.01. The summed E-state index contributed by atoms with van der Waals surface area (Å²) in [5.74, 6) is -1.50. The number of aryl methyl sites for hydroxylation is 1. The van der Waals surface area contributed by atoms with E-state index in [9.17, 15) is 14.8 Å². The number of fused-ring (bicyclic) bond motifs is 1. The van der Waals surface area contributed by atoms with E-state index in [1.165, 1.54) is 13.3 Å². The molecule has 0 bridgehead atoms. The van der Waals surface area contributed by atoms with Crippen LogP contribution in [0.25, 0.3) is 0 Å². The number of pyridine rings is 1. The molecule has 0 saturated heterocycles. The van der Waals surface area contributed by atoms with Gasteiger partial charge in [-0.15, -0.1) is 0 Å². The lowest BCUT2D eigenvalue weighted by Crippen LogP contribution is -2.45. The Morgan fingerprint density at radius 1 is 1.59 bits per heavy atom. The van der Waals surface area contributed by atoms with E-state index in [1.54, 1.807) is 0 Å². The highest BCUT2D eigenvalue weighted by Crippen LogP contribution is 2.36. The van der Waals surface area contributed by atoms with E-state index < -0.39 is 12.7 Å². The van der Waals surface area contributed by atoms with Gasteiger partial charge in [0.1, 0.15) is 0 Å². The Bertz CT molecular complexity index is 475. The largest absolute Gasteiger partial charge is 0.669 e. The summed E-state index contributed by atoms with van der Waals surface area (Å²) in [4.78, 5) is 14.9. The second kappa shape index (κ2) is 3.90. The second-order valence-electron chi connectivity index (χ2n) is 3.82. The van der Waals surface area contributed by atoms with Crippen LogP contribution in [0.4, 0.5) is 0 Å². The van der Waals surface area contributed by atoms with Crippen molar-refractivity contribution in [3.05, 3.63) is 17.3 Å². The van der Waals surface area contributed by atoms with Crippen LogP contribution < -0.4 is 9.39 Å². The van der Waals surface area contributed by atoms with Crippen LogP contribution in [0.5, 0.6) is 11.6 Å². The maximum atomic E-state index is 11.1. The number of aromatic carboxylic acids is 1. The van der Waals surface area contributed by atoms with Crippen molar-refractivity contribution in [1.29, 1.82) is 0 Å². The van der Waals surface area contributed by atoms with Crippen molar-refractivity contribution in [1.82, 2.24) is 4.98 Å². The third-order valence-electron chi connectivity index (χ3n) is 2.57. The molecule has 1 aliphatic rings. The van der Waals surface area contributed by atoms with Crippen LogP contribution in [0.2, 0.25) is 6.32 Å². The Kier molecular flexibility index (Phi) is 2.68. The summed E-state index contributed by atoms with van der Waals surface area (Å²) in [5, 5.41) is 27.9. The zero-order valence-electron chi connectivity index (χ0n) is 9.08. The van der Waals surface area contributed by atoms with E-state index in [2.05, 4.69) is 4.98 Å². The number of carboxylic acids is 1. The molecule has 0 aliphatic carbocycles. The van der Waals surface area contributed by atoms with Crippen LogP contribution in [0.15, 0.2) is 6.20 Å². The van der Waals surface area contributed by atoms with Gasteiger partial charge in [-0.1, -0.05) is 6.32 Å². The zero-order chi connectivity index (χ0) is 12.6. The maximum absolute atomic E-state index is 11.1. The van der Waals surface area contributed by atoms with Crippen LogP contribution in [0, 0.1) is 0 Å². The summed E-state index contributed by atoms with van der Waals surface area (Å²) in [5.41, 5.74) is 0.225. The van der Waals surface area contributed by atoms with Crippen molar-refractivity contribution in [2.75, 3.05) is 7.11 Å². The number of hydrogen-bond acceptors (Lipinski definition) is 6. The van der Waals surface area contributed by atoms with Crippen LogP contribution in [0.3, 0.4) is 0 Å². The van der Waals surface area contributed by atoms with Gasteiger partial charge in [0.05, 0.1) is 12.9 Å². The first-order valence-corrected chi connectivity index (χ1v) is 5.03. The number of nitrogens with zero attached hydrogens (tertiary/aromatic N) is 1. The summed E-state index contributed by atoms with van der Waals surface area (Å²) >= 11 is 0. The lowest BCUT2D eigenvalue weighted by Gasteiger charge is -2.36. The van der Waals surface area contributed by atoms with Crippen molar-refractivity contribution in [2.24, 2.45) is 0 Å². The minimum absolute atomic E-state index is 0.0140. The van der Waals surface area contributed by atoms with Crippen LogP contribution in [-0.4, -0.2) is 40.0 Å². The summed E-state index contributed by atoms with van der Waals surface area (Å²) in [6, 6.07) is 0. The first-order chi connectivity index (χ1) is 7.94. The van der Waals surface area contributed by atoms with Gasteiger partial charge in [0.25, 0.3) is 0 Å². The molecule has 0 amide bonds. The SMILES string of the molecule is COc1ncc2c(c1C(=O)O)O[B-](O)(O)CC2. The van der Waals surface area contributed by atoms with E-state index in [1.807, 2.05) is 0 Å². The van der Waals surface area contributed by atoms with Gasteiger partial charge in [0.2, 0.25) is 5.88 Å². The minimum Gasteiger partial charge on any atom is -0.669 e. The predicted molar refractivity (Wildman–Crippen MR) is 57.1 cm³/mol. The third-order valence-corrected chi connectivity index (χ3v) is 2.57. The molecular formula is C9H11BNO6-. The summed E-state index contributed by atoms with van der Waals surface area (Å²) in [7, 11) is 1.28. The lowest BCUT2D eigenvalue weighted by atomic mass is 9.70. The third kappa shape index (κ3) is 2.04. The second-order valence-corrected chi connectivity index (χ2v) is 3.82. The number of ether oxygens (including phenoxy) is 1. The molecule has 0 fully saturated rings. The molecular weight excluding hydrogens is 229 g/mol. The van der Waals surface area contributed by atoms with Crippen LogP contribution in [-0.2, 0) is 6.42 Å². The molecule has 2 heterocycles. The highest BCUT2D eigenvalue weighted by molar-refractivity contribution is 6.59. The van der Waals surface area contributed by atoms with Gasteiger partial charge in [-0.05, 0) is 6.42 Å². The average Bonchev–Trinajstić information content (AvgIpc) is 2.25. The Labute approximate surface area is 96.6 Å². The number of methoxy groups -OCH3 is 1. The monoisotopic (exact) mass is 240 g/mol. The van der Waals surface area contributed by atoms with Gasteiger partial charge >= 0.3 is 12.7 Å². The van der Waals surface area contributed by atoms with E-state index in [0.29, 0.717) is 12.0 Å². The van der Waals surface area contributed by atoms with Crippen molar-refractivity contribution in [2.45, 2.75) is 12.7 Å². The van der Waals surface area contributed by atoms with Crippen molar-refractivity contribution >= 4 is 12.7 Å². The molecule has 7 nitrogen and oxygen atoms in total. The molecule has 3 N–H and O–H groups in total. The fourth-order valence-corrected chi connectivity index (χ4v) is 1.76. The number of aromatic nitrogens is 1. The van der Waals surface area contributed by atoms with Gasteiger partial charge in [0.15, 0.2) is 5.56 Å². The molecule has 8 heteroatoms. The molecule has 92 valence electrons. The van der Waals surface area contributed by atoms with E-state index in [-0.39, 0.29) is 23.5 Å². The highest BCUT2D eigenvalue weighted by atomic mass is 16.6. The van der Waals surface area contributed by atoms with Crippen LogP contribution >= 0.6 is 0 Å². The number of carbonyl (C=O) groups is 1. The van der Waals surface area contributed by atoms with E-state index in [4.69, 9.17) is 14.5 Å². The Balaban J connectivity index is 2.59. The maximum Gasteiger partial charge on any atom is 0.430 e. The molecule has 0 unspecified atom stereocenters. The standard InChI is InChI=1S/C9H11BNO6/c1-16-8-6(9(12)13)7-5(4-11-8)2-3-10(14,15)17-7/h4,14-15H,2-3H2,1H3,(H,12,13)/q-1. The highest BCUT2D eigenvalue weighted by Gasteiger charge is 2.33. The Morgan fingerprint density at radius 2 is 2.29 bits per heavy atom. The smallest absolute Gasteiger partial charge is 0.430 e. The van der Waals surface area contributed by atoms with Gasteiger partial charge in [-0.25, -0.2) is 9.78 Å². The van der Waals surface area contributed by atoms with Gasteiger partial charge in [-0.3, -0.25) is 0 Å². The van der Waals surface area contributed by atoms with E-state index in [0.717, 1.165) is 0 Å². The topological polar surface area (TPSA) is 109 Å². The summed E-state index contributed by atoms with van der Waals surface area (Å²) in [6.45, 7) is -3.01. The number of hydrogen-bond donors (Lipinski definition) is 3. The van der Waals surface area contributed by atoms with Gasteiger partial charge in [-0.2, -0.15) is 0 Å². The van der Waals surface area contributed by atoms with E-state index >= 15 is 0 Å². The van der Waals surface area contributed by atoms with Crippen LogP contribution in [0.1, 0.15) is 15.9 Å². The average molecular weight is 240 g/mol. The normalized spacial score (nSPS) is 16.9. The van der Waals surface area contributed by atoms with Crippen molar-refractivity contribution < 1.29 is 29.3 Å². The fraction of sp³-hybridized carbons (Fsp3) is 0.333. The van der Waals surface area contributed by atoms with Crippen molar-refractivity contribution in [3.8, 4) is 11.6 Å². The molecule has 1 aromatic heterocycles. The fourth-order valence-electron chi connectivity index (χ4n) is 1.76. The van der Waals surface area contributed by atoms with Crippen molar-refractivity contribution in [3.63, 3.8) is 0 Å². The number of rotatable bonds is 2. The Morgan fingerprint density at radius 3 is 2.88 bits per heavy atom. The lowest BCUT2D eigenvalue weighted by molar-refractivity contribution is 0.0688. The molecule has 0 atom stereocenters. The molecule has 0 saturated carbocycles. The first kappa shape index (κ1) is 11.7.